The lowest BCUT2D eigenvalue weighted by Crippen LogP contribution is -2.29. The molecule has 29 heavy (non-hydrogen) atoms. The Morgan fingerprint density at radius 1 is 0.966 bits per heavy atom. The van der Waals surface area contributed by atoms with Gasteiger partial charge in [-0.15, -0.1) is 0 Å². The van der Waals surface area contributed by atoms with Crippen LogP contribution in [0.3, 0.4) is 0 Å². The lowest BCUT2D eigenvalue weighted by Gasteiger charge is -2.25. The zero-order chi connectivity index (χ0) is 20.4. The fourth-order valence-corrected chi connectivity index (χ4v) is 3.60. The summed E-state index contributed by atoms with van der Waals surface area (Å²) in [6, 6.07) is 19.3. The molecule has 5 nitrogen and oxygen atoms in total. The number of aryl methyl sites for hydroxylation is 1. The van der Waals surface area contributed by atoms with Crippen LogP contribution >= 0.6 is 0 Å². The van der Waals surface area contributed by atoms with Crippen LogP contribution in [-0.4, -0.2) is 21.8 Å². The number of aliphatic hydroxyl groups excluding tert-OH is 1. The molecular formula is C24H20N2O3. The molecule has 1 fully saturated rings. The number of para-hydroxylation sites is 1. The maximum absolute atomic E-state index is 13.0. The van der Waals surface area contributed by atoms with Crippen molar-refractivity contribution in [1.29, 1.82) is 0 Å². The summed E-state index contributed by atoms with van der Waals surface area (Å²) in [5, 5.41) is 11.0. The first-order valence-electron chi connectivity index (χ1n) is 9.47. The molecule has 1 saturated heterocycles. The number of pyridine rings is 1. The van der Waals surface area contributed by atoms with E-state index in [4.69, 9.17) is 0 Å². The van der Waals surface area contributed by atoms with E-state index in [-0.39, 0.29) is 11.3 Å². The van der Waals surface area contributed by atoms with Crippen LogP contribution in [0, 0.1) is 0 Å². The molecule has 1 aliphatic heterocycles. The quantitative estimate of drug-likeness (QED) is 0.414. The molecule has 0 aliphatic carbocycles. The summed E-state index contributed by atoms with van der Waals surface area (Å²) >= 11 is 0. The first-order valence-corrected chi connectivity index (χ1v) is 9.47. The summed E-state index contributed by atoms with van der Waals surface area (Å²) in [5.74, 6) is -1.56. The van der Waals surface area contributed by atoms with Crippen molar-refractivity contribution in [3.8, 4) is 0 Å². The molecule has 2 aromatic carbocycles. The molecule has 1 aromatic heterocycles. The third-order valence-corrected chi connectivity index (χ3v) is 5.14. The van der Waals surface area contributed by atoms with Crippen molar-refractivity contribution in [2.24, 2.45) is 0 Å². The van der Waals surface area contributed by atoms with Crippen molar-refractivity contribution < 1.29 is 14.7 Å². The molecule has 0 radical (unpaired) electrons. The van der Waals surface area contributed by atoms with Crippen molar-refractivity contribution in [3.05, 3.63) is 101 Å². The highest BCUT2D eigenvalue weighted by molar-refractivity contribution is 6.51. The van der Waals surface area contributed by atoms with Gasteiger partial charge in [-0.2, -0.15) is 0 Å². The van der Waals surface area contributed by atoms with E-state index in [2.05, 4.69) is 11.9 Å². The van der Waals surface area contributed by atoms with Gasteiger partial charge in [0.05, 0.1) is 11.6 Å². The maximum atomic E-state index is 13.0. The number of carbonyl (C=O) groups is 2. The van der Waals surface area contributed by atoms with Gasteiger partial charge in [-0.1, -0.05) is 49.4 Å². The second-order valence-corrected chi connectivity index (χ2v) is 6.84. The Morgan fingerprint density at radius 2 is 1.62 bits per heavy atom. The number of aromatic nitrogens is 1. The van der Waals surface area contributed by atoms with Crippen LogP contribution in [-0.2, 0) is 16.0 Å². The van der Waals surface area contributed by atoms with E-state index in [1.54, 1.807) is 24.3 Å². The van der Waals surface area contributed by atoms with Crippen LogP contribution in [0.1, 0.15) is 29.7 Å². The maximum Gasteiger partial charge on any atom is 0.300 e. The first-order chi connectivity index (χ1) is 14.1. The normalized spacial score (nSPS) is 18.2. The van der Waals surface area contributed by atoms with Gasteiger partial charge in [0.15, 0.2) is 0 Å². The van der Waals surface area contributed by atoms with Gasteiger partial charge in [-0.25, -0.2) is 0 Å². The molecule has 1 atom stereocenters. The molecule has 3 aromatic rings. The molecule has 2 heterocycles. The Bertz CT molecular complexity index is 1070. The molecule has 0 spiro atoms. The van der Waals surface area contributed by atoms with E-state index < -0.39 is 17.7 Å². The number of nitrogens with zero attached hydrogens (tertiary/aromatic N) is 2. The fourth-order valence-electron chi connectivity index (χ4n) is 3.60. The van der Waals surface area contributed by atoms with Crippen molar-refractivity contribution in [1.82, 2.24) is 4.98 Å². The molecule has 1 unspecified atom stereocenters. The standard InChI is InChI=1S/C24H20N2O3/c1-2-16-8-10-17(11-9-16)21-20(22(27)18-12-14-25-15-13-18)23(28)24(29)26(21)19-6-4-3-5-7-19/h3-15,21,27H,2H2,1H3/b22-20-. The van der Waals surface area contributed by atoms with Crippen molar-refractivity contribution in [2.75, 3.05) is 4.90 Å². The Kier molecular flexibility index (Phi) is 4.96. The van der Waals surface area contributed by atoms with Crippen LogP contribution in [0.4, 0.5) is 5.69 Å². The van der Waals surface area contributed by atoms with E-state index in [1.165, 1.54) is 17.3 Å². The van der Waals surface area contributed by atoms with Gasteiger partial charge in [-0.05, 0) is 41.8 Å². The third kappa shape index (κ3) is 3.31. The van der Waals surface area contributed by atoms with Gasteiger partial charge in [0.1, 0.15) is 5.76 Å². The van der Waals surface area contributed by atoms with E-state index in [1.807, 2.05) is 42.5 Å². The van der Waals surface area contributed by atoms with Gasteiger partial charge < -0.3 is 5.11 Å². The van der Waals surface area contributed by atoms with Gasteiger partial charge in [0, 0.05) is 23.6 Å². The molecule has 4 rings (SSSR count). The average Bonchev–Trinajstić information content (AvgIpc) is 3.05. The van der Waals surface area contributed by atoms with Crippen molar-refractivity contribution >= 4 is 23.1 Å². The smallest absolute Gasteiger partial charge is 0.300 e. The lowest BCUT2D eigenvalue weighted by atomic mass is 9.94. The summed E-state index contributed by atoms with van der Waals surface area (Å²) < 4.78 is 0. The van der Waals surface area contributed by atoms with Crippen LogP contribution < -0.4 is 4.90 Å². The number of Topliss-reactive ketones (excluding diaryl/α,β-unsaturated/α-hetero) is 1. The number of aliphatic hydroxyl groups is 1. The van der Waals surface area contributed by atoms with E-state index in [0.29, 0.717) is 11.3 Å². The minimum absolute atomic E-state index is 0.0781. The Morgan fingerprint density at radius 3 is 2.24 bits per heavy atom. The van der Waals surface area contributed by atoms with Crippen molar-refractivity contribution in [2.45, 2.75) is 19.4 Å². The zero-order valence-corrected chi connectivity index (χ0v) is 15.9. The van der Waals surface area contributed by atoms with Gasteiger partial charge in [-0.3, -0.25) is 19.5 Å². The lowest BCUT2D eigenvalue weighted by molar-refractivity contribution is -0.132. The SMILES string of the molecule is CCc1ccc(C2/C(=C(/O)c3ccncc3)C(=O)C(=O)N2c2ccccc2)cc1. The van der Waals surface area contributed by atoms with Crippen LogP contribution in [0.25, 0.3) is 5.76 Å². The number of anilines is 1. The summed E-state index contributed by atoms with van der Waals surface area (Å²) in [6.45, 7) is 2.06. The number of carbonyl (C=O) groups excluding carboxylic acids is 2. The monoisotopic (exact) mass is 384 g/mol. The zero-order valence-electron chi connectivity index (χ0n) is 15.9. The molecule has 0 saturated carbocycles. The summed E-state index contributed by atoms with van der Waals surface area (Å²) in [4.78, 5) is 31.4. The predicted octanol–water partition coefficient (Wildman–Crippen LogP) is 4.27. The van der Waals surface area contributed by atoms with Crippen molar-refractivity contribution in [3.63, 3.8) is 0 Å². The molecule has 144 valence electrons. The average molecular weight is 384 g/mol. The number of hydrogen-bond donors (Lipinski definition) is 1. The molecule has 1 aliphatic rings. The van der Waals surface area contributed by atoms with Crippen LogP contribution in [0.2, 0.25) is 0 Å². The summed E-state index contributed by atoms with van der Waals surface area (Å²) in [7, 11) is 0. The fraction of sp³-hybridized carbons (Fsp3) is 0.125. The Balaban J connectivity index is 1.93. The number of rotatable bonds is 4. The first kappa shape index (κ1) is 18.6. The van der Waals surface area contributed by atoms with Crippen LogP contribution in [0.5, 0.6) is 0 Å². The molecular weight excluding hydrogens is 364 g/mol. The number of hydrogen-bond acceptors (Lipinski definition) is 4. The Hall–Kier alpha value is -3.73. The highest BCUT2D eigenvalue weighted by Gasteiger charge is 2.46. The molecule has 1 N–H and O–H groups in total. The Labute approximate surface area is 169 Å². The second-order valence-electron chi connectivity index (χ2n) is 6.84. The molecule has 1 amide bonds. The topological polar surface area (TPSA) is 70.5 Å². The molecule has 5 heteroatoms. The number of benzene rings is 2. The summed E-state index contributed by atoms with van der Waals surface area (Å²) in [5.41, 5.74) is 3.05. The summed E-state index contributed by atoms with van der Waals surface area (Å²) in [6.07, 6.45) is 3.96. The second kappa shape index (κ2) is 7.72. The minimum atomic E-state index is -0.712. The van der Waals surface area contributed by atoms with Gasteiger partial charge >= 0.3 is 0 Å². The third-order valence-electron chi connectivity index (χ3n) is 5.14. The number of ketones is 1. The minimum Gasteiger partial charge on any atom is -0.507 e. The highest BCUT2D eigenvalue weighted by Crippen LogP contribution is 2.42. The predicted molar refractivity (Wildman–Crippen MR) is 111 cm³/mol. The van der Waals surface area contributed by atoms with E-state index in [9.17, 15) is 14.7 Å². The van der Waals surface area contributed by atoms with Gasteiger partial charge in [0.2, 0.25) is 0 Å². The van der Waals surface area contributed by atoms with E-state index in [0.717, 1.165) is 17.5 Å². The van der Waals surface area contributed by atoms with E-state index >= 15 is 0 Å². The number of amides is 1. The van der Waals surface area contributed by atoms with Crippen LogP contribution in [0.15, 0.2) is 84.7 Å². The van der Waals surface area contributed by atoms with Gasteiger partial charge in [0.25, 0.3) is 11.7 Å². The largest absolute Gasteiger partial charge is 0.507 e. The molecule has 0 bridgehead atoms. The highest BCUT2D eigenvalue weighted by atomic mass is 16.3.